The molecule has 0 spiro atoms. The first-order chi connectivity index (χ1) is 7.17. The number of aryl methyl sites for hydroxylation is 1. The van der Waals surface area contributed by atoms with Crippen LogP contribution in [0.1, 0.15) is 25.0 Å². The molecule has 0 aliphatic rings. The summed E-state index contributed by atoms with van der Waals surface area (Å²) in [7, 11) is 0. The summed E-state index contributed by atoms with van der Waals surface area (Å²) < 4.78 is 4.82. The van der Waals surface area contributed by atoms with Gasteiger partial charge in [0, 0.05) is 0 Å². The summed E-state index contributed by atoms with van der Waals surface area (Å²) in [5, 5.41) is 9.58. The van der Waals surface area contributed by atoms with Gasteiger partial charge in [-0.15, -0.1) is 0 Å². The van der Waals surface area contributed by atoms with E-state index in [9.17, 15) is 9.90 Å². The highest BCUT2D eigenvalue weighted by Crippen LogP contribution is 2.19. The molecule has 0 aliphatic heterocycles. The molecule has 0 heterocycles. The number of hydrogen-bond acceptors (Lipinski definition) is 3. The van der Waals surface area contributed by atoms with E-state index < -0.39 is 0 Å². The lowest BCUT2D eigenvalue weighted by Gasteiger charge is -2.05. The second-order valence-corrected chi connectivity index (χ2v) is 3.30. The zero-order chi connectivity index (χ0) is 11.3. The Morgan fingerprint density at radius 3 is 2.67 bits per heavy atom. The number of esters is 1. The van der Waals surface area contributed by atoms with Crippen molar-refractivity contribution in [3.63, 3.8) is 0 Å². The topological polar surface area (TPSA) is 46.5 Å². The highest BCUT2D eigenvalue weighted by atomic mass is 16.5. The maximum atomic E-state index is 11.2. The van der Waals surface area contributed by atoms with E-state index in [2.05, 4.69) is 0 Å². The Balaban J connectivity index is 2.71. The quantitative estimate of drug-likeness (QED) is 0.770. The van der Waals surface area contributed by atoms with Crippen molar-refractivity contribution in [1.29, 1.82) is 0 Å². The molecule has 0 bridgehead atoms. The van der Waals surface area contributed by atoms with Gasteiger partial charge in [0.2, 0.25) is 0 Å². The van der Waals surface area contributed by atoms with Crippen LogP contribution in [0.2, 0.25) is 0 Å². The molecule has 3 nitrogen and oxygen atoms in total. The summed E-state index contributed by atoms with van der Waals surface area (Å²) >= 11 is 0. The van der Waals surface area contributed by atoms with Crippen molar-refractivity contribution in [1.82, 2.24) is 0 Å². The van der Waals surface area contributed by atoms with Crippen LogP contribution in [-0.4, -0.2) is 17.7 Å². The molecule has 1 aromatic carbocycles. The minimum absolute atomic E-state index is 0.214. The Morgan fingerprint density at radius 1 is 1.40 bits per heavy atom. The van der Waals surface area contributed by atoms with Crippen LogP contribution in [0, 0.1) is 0 Å². The lowest BCUT2D eigenvalue weighted by molar-refractivity contribution is -0.142. The summed E-state index contributed by atoms with van der Waals surface area (Å²) in [6.45, 7) is 4.13. The highest BCUT2D eigenvalue weighted by molar-refractivity contribution is 5.72. The molecule has 0 amide bonds. The average Bonchev–Trinajstić information content (AvgIpc) is 2.18. The van der Waals surface area contributed by atoms with Crippen molar-refractivity contribution in [2.75, 3.05) is 6.61 Å². The lowest BCUT2D eigenvalue weighted by Crippen LogP contribution is -2.07. The number of phenols is 1. The maximum absolute atomic E-state index is 11.2. The van der Waals surface area contributed by atoms with Crippen LogP contribution in [0.15, 0.2) is 18.2 Å². The second-order valence-electron chi connectivity index (χ2n) is 3.30. The van der Waals surface area contributed by atoms with E-state index >= 15 is 0 Å². The molecule has 3 heteroatoms. The third-order valence-electron chi connectivity index (χ3n) is 2.18. The van der Waals surface area contributed by atoms with Gasteiger partial charge < -0.3 is 9.84 Å². The first kappa shape index (κ1) is 11.6. The van der Waals surface area contributed by atoms with E-state index in [1.54, 1.807) is 13.0 Å². The minimum Gasteiger partial charge on any atom is -0.508 e. The van der Waals surface area contributed by atoms with Crippen LogP contribution >= 0.6 is 0 Å². The van der Waals surface area contributed by atoms with E-state index in [4.69, 9.17) is 4.74 Å². The predicted molar refractivity (Wildman–Crippen MR) is 57.8 cm³/mol. The number of benzene rings is 1. The van der Waals surface area contributed by atoms with Crippen molar-refractivity contribution in [2.24, 2.45) is 0 Å². The Morgan fingerprint density at radius 2 is 2.13 bits per heavy atom. The van der Waals surface area contributed by atoms with Crippen LogP contribution in [0.4, 0.5) is 0 Å². The fourth-order valence-corrected chi connectivity index (χ4v) is 1.40. The molecular formula is C12H16O3. The molecule has 1 aromatic rings. The van der Waals surface area contributed by atoms with Crippen LogP contribution in [0.25, 0.3) is 0 Å². The SMILES string of the molecule is CCOC(=O)Cc1ccc(CC)c(O)c1. The van der Waals surface area contributed by atoms with Crippen molar-refractivity contribution in [2.45, 2.75) is 26.7 Å². The van der Waals surface area contributed by atoms with Gasteiger partial charge in [0.25, 0.3) is 0 Å². The van der Waals surface area contributed by atoms with Crippen LogP contribution in [0.3, 0.4) is 0 Å². The second kappa shape index (κ2) is 5.39. The number of aromatic hydroxyl groups is 1. The van der Waals surface area contributed by atoms with Gasteiger partial charge in [-0.25, -0.2) is 0 Å². The van der Waals surface area contributed by atoms with Gasteiger partial charge >= 0.3 is 5.97 Å². The van der Waals surface area contributed by atoms with Gasteiger partial charge in [0.1, 0.15) is 5.75 Å². The molecule has 0 unspecified atom stereocenters. The van der Waals surface area contributed by atoms with Gasteiger partial charge in [-0.1, -0.05) is 19.1 Å². The van der Waals surface area contributed by atoms with E-state index in [1.807, 2.05) is 19.1 Å². The molecule has 15 heavy (non-hydrogen) atoms. The summed E-state index contributed by atoms with van der Waals surface area (Å²) in [6, 6.07) is 5.30. The van der Waals surface area contributed by atoms with Gasteiger partial charge in [0.05, 0.1) is 13.0 Å². The Labute approximate surface area is 89.7 Å². The fraction of sp³-hybridized carbons (Fsp3) is 0.417. The van der Waals surface area contributed by atoms with Crippen molar-refractivity contribution < 1.29 is 14.6 Å². The summed E-state index contributed by atoms with van der Waals surface area (Å²) in [4.78, 5) is 11.2. The largest absolute Gasteiger partial charge is 0.508 e. The number of carbonyl (C=O) groups excluding carboxylic acids is 1. The molecule has 0 aromatic heterocycles. The van der Waals surface area contributed by atoms with E-state index in [0.29, 0.717) is 6.61 Å². The molecule has 0 fully saturated rings. The fourth-order valence-electron chi connectivity index (χ4n) is 1.40. The summed E-state index contributed by atoms with van der Waals surface area (Å²) in [5.41, 5.74) is 1.67. The summed E-state index contributed by atoms with van der Waals surface area (Å²) in [6.07, 6.45) is 0.997. The zero-order valence-corrected chi connectivity index (χ0v) is 9.12. The van der Waals surface area contributed by atoms with E-state index in [-0.39, 0.29) is 18.1 Å². The molecule has 0 saturated carbocycles. The number of carbonyl (C=O) groups is 1. The Bertz CT molecular complexity index is 345. The maximum Gasteiger partial charge on any atom is 0.310 e. The van der Waals surface area contributed by atoms with Gasteiger partial charge in [-0.05, 0) is 30.5 Å². The van der Waals surface area contributed by atoms with Crippen molar-refractivity contribution in [3.8, 4) is 5.75 Å². The third kappa shape index (κ3) is 3.27. The van der Waals surface area contributed by atoms with Crippen LogP contribution < -0.4 is 0 Å². The molecular weight excluding hydrogens is 192 g/mol. The van der Waals surface area contributed by atoms with Crippen LogP contribution in [-0.2, 0) is 22.4 Å². The molecule has 1 N–H and O–H groups in total. The molecule has 0 radical (unpaired) electrons. The normalized spacial score (nSPS) is 10.0. The molecule has 0 aliphatic carbocycles. The standard InChI is InChI=1S/C12H16O3/c1-3-10-6-5-9(7-11(10)13)8-12(14)15-4-2/h5-7,13H,3-4,8H2,1-2H3. The van der Waals surface area contributed by atoms with Gasteiger partial charge in [0.15, 0.2) is 0 Å². The predicted octanol–water partition coefficient (Wildman–Crippen LogP) is 2.06. The lowest BCUT2D eigenvalue weighted by atomic mass is 10.1. The smallest absolute Gasteiger partial charge is 0.310 e. The molecule has 1 rings (SSSR count). The zero-order valence-electron chi connectivity index (χ0n) is 9.12. The summed E-state index contributed by atoms with van der Waals surface area (Å²) in [5.74, 6) is -0.0135. The average molecular weight is 208 g/mol. The van der Waals surface area contributed by atoms with E-state index in [1.165, 1.54) is 0 Å². The molecule has 82 valence electrons. The number of ether oxygens (including phenoxy) is 1. The van der Waals surface area contributed by atoms with Crippen LogP contribution in [0.5, 0.6) is 5.75 Å². The molecule has 0 atom stereocenters. The third-order valence-corrected chi connectivity index (χ3v) is 2.18. The van der Waals surface area contributed by atoms with E-state index in [0.717, 1.165) is 17.5 Å². The van der Waals surface area contributed by atoms with Gasteiger partial charge in [-0.2, -0.15) is 0 Å². The van der Waals surface area contributed by atoms with Gasteiger partial charge in [-0.3, -0.25) is 4.79 Å². The first-order valence-electron chi connectivity index (χ1n) is 5.13. The van der Waals surface area contributed by atoms with Crippen molar-refractivity contribution in [3.05, 3.63) is 29.3 Å². The Kier molecular flexibility index (Phi) is 4.16. The minimum atomic E-state index is -0.263. The highest BCUT2D eigenvalue weighted by Gasteiger charge is 2.06. The monoisotopic (exact) mass is 208 g/mol. The Hall–Kier alpha value is -1.51. The number of phenolic OH excluding ortho intramolecular Hbond substituents is 1. The first-order valence-corrected chi connectivity index (χ1v) is 5.13. The number of rotatable bonds is 4. The number of hydrogen-bond donors (Lipinski definition) is 1. The molecule has 0 saturated heterocycles. The van der Waals surface area contributed by atoms with Crippen molar-refractivity contribution >= 4 is 5.97 Å².